The van der Waals surface area contributed by atoms with Crippen LogP contribution in [0, 0.1) is 0 Å². The average Bonchev–Trinajstić information content (AvgIpc) is 3.78. The zero-order valence-electron chi connectivity index (χ0n) is 30.3. The lowest BCUT2D eigenvalue weighted by atomic mass is 9.61. The number of aromatic nitrogens is 2. The highest BCUT2D eigenvalue weighted by Crippen LogP contribution is 2.60. The van der Waals surface area contributed by atoms with Crippen LogP contribution >= 0.6 is 0 Å². The second-order valence-corrected chi connectivity index (χ2v) is 15.2. The lowest BCUT2D eigenvalue weighted by Crippen LogP contribution is -2.37. The summed E-state index contributed by atoms with van der Waals surface area (Å²) in [6, 6.07) is 71.3. The fourth-order valence-electron chi connectivity index (χ4n) is 10.2. The molecule has 3 heteroatoms. The van der Waals surface area contributed by atoms with Gasteiger partial charge in [-0.25, -0.2) is 0 Å². The molecule has 1 unspecified atom stereocenters. The highest BCUT2D eigenvalue weighted by Gasteiger charge is 2.50. The fourth-order valence-corrected chi connectivity index (χ4v) is 10.2. The maximum Gasteiger partial charge on any atom is 0.132 e. The van der Waals surface area contributed by atoms with Gasteiger partial charge in [-0.05, 0) is 93.7 Å². The Hall–Kier alpha value is -7.36. The maximum atomic E-state index is 6.85. The van der Waals surface area contributed by atoms with Gasteiger partial charge in [0.2, 0.25) is 0 Å². The van der Waals surface area contributed by atoms with Gasteiger partial charge >= 0.3 is 0 Å². The van der Waals surface area contributed by atoms with E-state index in [1.807, 2.05) is 0 Å². The van der Waals surface area contributed by atoms with Crippen LogP contribution in [0.5, 0.6) is 11.5 Å². The first-order chi connectivity index (χ1) is 27.8. The molecule has 0 fully saturated rings. The summed E-state index contributed by atoms with van der Waals surface area (Å²) < 4.78 is 11.8. The number of nitrogens with zero attached hydrogens (tertiary/aromatic N) is 2. The minimum atomic E-state index is -0.614. The Bertz CT molecular complexity index is 3470. The lowest BCUT2D eigenvalue weighted by molar-refractivity contribution is 0.434. The van der Waals surface area contributed by atoms with Crippen molar-refractivity contribution in [1.29, 1.82) is 0 Å². The summed E-state index contributed by atoms with van der Waals surface area (Å²) in [5.41, 5.74) is 13.8. The molecular formula is C53H32N2O. The molecule has 0 radical (unpaired) electrons. The normalized spacial score (nSPS) is 15.4. The first kappa shape index (κ1) is 30.0. The van der Waals surface area contributed by atoms with E-state index in [1.54, 1.807) is 0 Å². The number of hydrogen-bond acceptors (Lipinski definition) is 1. The van der Waals surface area contributed by atoms with E-state index in [-0.39, 0.29) is 0 Å². The van der Waals surface area contributed by atoms with Crippen molar-refractivity contribution in [2.45, 2.75) is 5.41 Å². The van der Waals surface area contributed by atoms with E-state index in [1.165, 1.54) is 76.8 Å². The molecule has 0 aliphatic carbocycles. The van der Waals surface area contributed by atoms with Crippen LogP contribution in [0.25, 0.3) is 76.9 Å². The Morgan fingerprint density at radius 3 is 1.88 bits per heavy atom. The van der Waals surface area contributed by atoms with Crippen LogP contribution in [0.2, 0.25) is 0 Å². The van der Waals surface area contributed by atoms with Gasteiger partial charge in [-0.1, -0.05) is 133 Å². The van der Waals surface area contributed by atoms with Gasteiger partial charge in [0.1, 0.15) is 11.5 Å². The molecule has 11 aromatic rings. The summed E-state index contributed by atoms with van der Waals surface area (Å²) in [7, 11) is 0. The van der Waals surface area contributed by atoms with Crippen LogP contribution in [-0.2, 0) is 5.41 Å². The quantitative estimate of drug-likeness (QED) is 0.175. The Morgan fingerprint density at radius 1 is 0.357 bits per heavy atom. The molecule has 13 rings (SSSR count). The number of hydrogen-bond donors (Lipinski definition) is 0. The first-order valence-corrected chi connectivity index (χ1v) is 19.3. The molecule has 9 aromatic carbocycles. The second kappa shape index (κ2) is 10.9. The maximum absolute atomic E-state index is 6.85. The Kier molecular flexibility index (Phi) is 5.83. The lowest BCUT2D eigenvalue weighted by Gasteiger charge is -2.45. The van der Waals surface area contributed by atoms with E-state index < -0.39 is 5.41 Å². The molecule has 3 nitrogen and oxygen atoms in total. The summed E-state index contributed by atoms with van der Waals surface area (Å²) in [5.74, 6) is 1.78. The minimum absolute atomic E-state index is 0.614. The Balaban J connectivity index is 1.08. The third kappa shape index (κ3) is 3.76. The molecule has 56 heavy (non-hydrogen) atoms. The van der Waals surface area contributed by atoms with Crippen molar-refractivity contribution in [3.63, 3.8) is 0 Å². The molecule has 0 saturated carbocycles. The van der Waals surface area contributed by atoms with E-state index in [0.29, 0.717) is 0 Å². The average molecular weight is 713 g/mol. The molecule has 0 N–H and O–H groups in total. The predicted octanol–water partition coefficient (Wildman–Crippen LogP) is 13.5. The molecule has 2 aromatic heterocycles. The highest BCUT2D eigenvalue weighted by molar-refractivity contribution is 6.13. The van der Waals surface area contributed by atoms with Crippen molar-refractivity contribution >= 4 is 54.4 Å². The highest BCUT2D eigenvalue weighted by atomic mass is 16.5. The fraction of sp³-hybridized carbons (Fsp3) is 0.0189. The third-order valence-corrected chi connectivity index (χ3v) is 12.5. The van der Waals surface area contributed by atoms with Crippen molar-refractivity contribution in [3.8, 4) is 34.0 Å². The third-order valence-electron chi connectivity index (χ3n) is 12.5. The topological polar surface area (TPSA) is 19.1 Å². The molecule has 1 atom stereocenters. The molecule has 0 saturated heterocycles. The SMILES string of the molecule is c1ccc2c(c1)Oc1ccc(-c3ccc4c(c3)c3ccccc3n4-c3ccc4ccccc4c3)cc1C21c2ccccc2-n2c3ccccc3c3cccc1c32. The summed E-state index contributed by atoms with van der Waals surface area (Å²) in [6.45, 7) is 0. The van der Waals surface area contributed by atoms with Crippen LogP contribution in [-0.4, -0.2) is 9.13 Å². The molecule has 4 heterocycles. The van der Waals surface area contributed by atoms with Crippen LogP contribution in [0.1, 0.15) is 22.3 Å². The largest absolute Gasteiger partial charge is 0.457 e. The van der Waals surface area contributed by atoms with E-state index in [9.17, 15) is 0 Å². The van der Waals surface area contributed by atoms with Gasteiger partial charge in [0.25, 0.3) is 0 Å². The molecule has 0 amide bonds. The molecule has 0 bridgehead atoms. The first-order valence-electron chi connectivity index (χ1n) is 19.3. The molecule has 2 aliphatic rings. The Morgan fingerprint density at radius 2 is 0.982 bits per heavy atom. The monoisotopic (exact) mass is 712 g/mol. The van der Waals surface area contributed by atoms with E-state index in [0.717, 1.165) is 33.9 Å². The van der Waals surface area contributed by atoms with Gasteiger partial charge in [-0.2, -0.15) is 0 Å². The predicted molar refractivity (Wildman–Crippen MR) is 230 cm³/mol. The van der Waals surface area contributed by atoms with Crippen molar-refractivity contribution in [1.82, 2.24) is 9.13 Å². The molecule has 2 aliphatic heterocycles. The number of fused-ring (bicyclic) bond motifs is 15. The summed E-state index contributed by atoms with van der Waals surface area (Å²) in [4.78, 5) is 0. The zero-order chi connectivity index (χ0) is 36.5. The van der Waals surface area contributed by atoms with Gasteiger partial charge < -0.3 is 13.9 Å². The van der Waals surface area contributed by atoms with Crippen LogP contribution in [0.3, 0.4) is 0 Å². The van der Waals surface area contributed by atoms with Crippen LogP contribution < -0.4 is 4.74 Å². The van der Waals surface area contributed by atoms with Crippen molar-refractivity contribution in [2.24, 2.45) is 0 Å². The van der Waals surface area contributed by atoms with Crippen LogP contribution in [0.15, 0.2) is 194 Å². The number of benzene rings is 9. The van der Waals surface area contributed by atoms with Gasteiger partial charge in [-0.3, -0.25) is 0 Å². The summed E-state index contributed by atoms with van der Waals surface area (Å²) in [5, 5.41) is 7.49. The van der Waals surface area contributed by atoms with Gasteiger partial charge in [0, 0.05) is 38.4 Å². The molecule has 260 valence electrons. The van der Waals surface area contributed by atoms with E-state index in [2.05, 4.69) is 203 Å². The van der Waals surface area contributed by atoms with E-state index >= 15 is 0 Å². The standard InChI is InChI=1S/C53H32N2O/c1-2-13-34-30-37(27-24-33(34)12-1)54-46-20-7-4-15-39(46)41-31-35(25-28-48(41)54)36-26-29-51-45(32-36)53(43-18-6-10-23-50(43)56-51)42-17-5-9-22-49(42)55-47-21-8-3-14-38(47)40-16-11-19-44(53)52(40)55/h1-32H. The van der Waals surface area contributed by atoms with Crippen molar-refractivity contribution < 1.29 is 4.74 Å². The second-order valence-electron chi connectivity index (χ2n) is 15.2. The van der Waals surface area contributed by atoms with E-state index in [4.69, 9.17) is 4.74 Å². The Labute approximate surface area is 322 Å². The van der Waals surface area contributed by atoms with Gasteiger partial charge in [0.15, 0.2) is 0 Å². The number of ether oxygens (including phenoxy) is 1. The molecule has 1 spiro atoms. The molecular weight excluding hydrogens is 681 g/mol. The number of para-hydroxylation sites is 5. The summed E-state index contributed by atoms with van der Waals surface area (Å²) >= 11 is 0. The van der Waals surface area contributed by atoms with Crippen molar-refractivity contribution in [3.05, 3.63) is 216 Å². The van der Waals surface area contributed by atoms with Gasteiger partial charge in [-0.15, -0.1) is 0 Å². The smallest absolute Gasteiger partial charge is 0.132 e. The van der Waals surface area contributed by atoms with Gasteiger partial charge in [0.05, 0.1) is 33.2 Å². The minimum Gasteiger partial charge on any atom is -0.457 e. The van der Waals surface area contributed by atoms with Crippen molar-refractivity contribution in [2.75, 3.05) is 0 Å². The number of rotatable bonds is 2. The summed E-state index contributed by atoms with van der Waals surface area (Å²) in [6.07, 6.45) is 0. The van der Waals surface area contributed by atoms with Crippen LogP contribution in [0.4, 0.5) is 0 Å². The zero-order valence-corrected chi connectivity index (χ0v) is 30.3.